The third-order valence-electron chi connectivity index (χ3n) is 4.67. The fourth-order valence-electron chi connectivity index (χ4n) is 3.41. The van der Waals surface area contributed by atoms with Crippen LogP contribution in [0.15, 0.2) is 0 Å². The summed E-state index contributed by atoms with van der Waals surface area (Å²) in [6.45, 7) is 4.49. The molecule has 2 aliphatic rings. The summed E-state index contributed by atoms with van der Waals surface area (Å²) < 4.78 is 0. The van der Waals surface area contributed by atoms with Crippen molar-refractivity contribution >= 4 is 18.3 Å². The Hall–Kier alpha value is -0.280. The van der Waals surface area contributed by atoms with E-state index in [-0.39, 0.29) is 18.3 Å². The van der Waals surface area contributed by atoms with Gasteiger partial charge in [-0.1, -0.05) is 26.2 Å². The Bertz CT molecular complexity index is 261. The first-order chi connectivity index (χ1) is 8.75. The number of piperidine rings is 1. The van der Waals surface area contributed by atoms with E-state index in [1.807, 2.05) is 0 Å². The molecule has 1 atom stereocenters. The molecule has 0 aromatic heterocycles. The van der Waals surface area contributed by atoms with E-state index in [1.54, 1.807) is 0 Å². The third kappa shape index (κ3) is 5.70. The molecule has 19 heavy (non-hydrogen) atoms. The lowest BCUT2D eigenvalue weighted by Gasteiger charge is -2.29. The fourth-order valence-corrected chi connectivity index (χ4v) is 3.41. The van der Waals surface area contributed by atoms with Crippen molar-refractivity contribution in [2.24, 2.45) is 11.8 Å². The highest BCUT2D eigenvalue weighted by Crippen LogP contribution is 2.24. The Balaban J connectivity index is 0.00000180. The third-order valence-corrected chi connectivity index (χ3v) is 4.67. The molecule has 1 amide bonds. The van der Waals surface area contributed by atoms with Gasteiger partial charge in [0.1, 0.15) is 0 Å². The molecular formula is C15H29ClN2O. The molecule has 0 radical (unpaired) electrons. The van der Waals surface area contributed by atoms with Gasteiger partial charge < -0.3 is 10.6 Å². The first-order valence-electron chi connectivity index (χ1n) is 7.76. The van der Waals surface area contributed by atoms with Gasteiger partial charge in [0.15, 0.2) is 0 Å². The lowest BCUT2D eigenvalue weighted by molar-refractivity contribution is -0.123. The number of carbonyl (C=O) groups is 1. The van der Waals surface area contributed by atoms with Gasteiger partial charge in [-0.05, 0) is 50.6 Å². The molecule has 0 aromatic carbocycles. The maximum absolute atomic E-state index is 12.0. The van der Waals surface area contributed by atoms with E-state index in [2.05, 4.69) is 17.6 Å². The van der Waals surface area contributed by atoms with Crippen LogP contribution in [0.3, 0.4) is 0 Å². The van der Waals surface area contributed by atoms with Crippen molar-refractivity contribution in [3.8, 4) is 0 Å². The summed E-state index contributed by atoms with van der Waals surface area (Å²) in [6, 6.07) is 0.464. The smallest absolute Gasteiger partial charge is 0.220 e. The number of hydrogen-bond donors (Lipinski definition) is 2. The van der Waals surface area contributed by atoms with Crippen molar-refractivity contribution in [3.05, 3.63) is 0 Å². The molecule has 2 N–H and O–H groups in total. The van der Waals surface area contributed by atoms with E-state index >= 15 is 0 Å². The number of amides is 1. The van der Waals surface area contributed by atoms with Gasteiger partial charge in [-0.3, -0.25) is 4.79 Å². The largest absolute Gasteiger partial charge is 0.353 e. The highest BCUT2D eigenvalue weighted by atomic mass is 35.5. The van der Waals surface area contributed by atoms with Gasteiger partial charge >= 0.3 is 0 Å². The van der Waals surface area contributed by atoms with Crippen LogP contribution < -0.4 is 10.6 Å². The van der Waals surface area contributed by atoms with E-state index in [0.29, 0.717) is 12.0 Å². The lowest BCUT2D eigenvalue weighted by Crippen LogP contribution is -2.38. The minimum absolute atomic E-state index is 0. The van der Waals surface area contributed by atoms with Crippen LogP contribution in [0.2, 0.25) is 0 Å². The van der Waals surface area contributed by atoms with Gasteiger partial charge in [-0.25, -0.2) is 0 Å². The van der Waals surface area contributed by atoms with E-state index in [4.69, 9.17) is 0 Å². The number of halogens is 1. The van der Waals surface area contributed by atoms with Gasteiger partial charge in [0.05, 0.1) is 0 Å². The van der Waals surface area contributed by atoms with Crippen LogP contribution in [0.4, 0.5) is 0 Å². The van der Waals surface area contributed by atoms with Crippen molar-refractivity contribution in [2.75, 3.05) is 13.1 Å². The molecule has 3 nitrogen and oxygen atoms in total. The van der Waals surface area contributed by atoms with Crippen LogP contribution in [-0.4, -0.2) is 25.0 Å². The Kier molecular flexibility index (Phi) is 7.77. The monoisotopic (exact) mass is 288 g/mol. The highest BCUT2D eigenvalue weighted by molar-refractivity contribution is 5.85. The predicted molar refractivity (Wildman–Crippen MR) is 81.6 cm³/mol. The summed E-state index contributed by atoms with van der Waals surface area (Å²) in [6.07, 6.45) is 9.49. The highest BCUT2D eigenvalue weighted by Gasteiger charge is 2.23. The van der Waals surface area contributed by atoms with Crippen LogP contribution in [0.25, 0.3) is 0 Å². The SMILES string of the molecule is CC(CC(=O)NC1CCCCC1)C1CCNCC1.Cl. The molecule has 1 unspecified atom stereocenters. The Morgan fingerprint density at radius 3 is 2.42 bits per heavy atom. The van der Waals surface area contributed by atoms with Crippen LogP contribution in [-0.2, 0) is 4.79 Å². The average molecular weight is 289 g/mol. The summed E-state index contributed by atoms with van der Waals surface area (Å²) in [5, 5.41) is 6.62. The zero-order valence-electron chi connectivity index (χ0n) is 12.1. The van der Waals surface area contributed by atoms with Gasteiger partial charge in [-0.2, -0.15) is 0 Å². The molecule has 0 bridgehead atoms. The Morgan fingerprint density at radius 2 is 1.79 bits per heavy atom. The summed E-state index contributed by atoms with van der Waals surface area (Å²) in [4.78, 5) is 12.0. The Morgan fingerprint density at radius 1 is 1.16 bits per heavy atom. The van der Waals surface area contributed by atoms with Crippen molar-refractivity contribution in [1.29, 1.82) is 0 Å². The molecule has 1 saturated carbocycles. The van der Waals surface area contributed by atoms with Gasteiger partial charge in [0.25, 0.3) is 0 Å². The number of nitrogens with one attached hydrogen (secondary N) is 2. The summed E-state index contributed by atoms with van der Waals surface area (Å²) in [7, 11) is 0. The van der Waals surface area contributed by atoms with Crippen molar-refractivity contribution in [3.63, 3.8) is 0 Å². The standard InChI is InChI=1S/C15H28N2O.ClH/c1-12(13-7-9-16-10-8-13)11-15(18)17-14-5-3-2-4-6-14;/h12-14,16H,2-11H2,1H3,(H,17,18);1H. The number of hydrogen-bond acceptors (Lipinski definition) is 2. The molecule has 4 heteroatoms. The maximum Gasteiger partial charge on any atom is 0.220 e. The van der Waals surface area contributed by atoms with Gasteiger partial charge in [0.2, 0.25) is 5.91 Å². The molecule has 1 aliphatic heterocycles. The van der Waals surface area contributed by atoms with E-state index in [1.165, 1.54) is 44.9 Å². The topological polar surface area (TPSA) is 41.1 Å². The van der Waals surface area contributed by atoms with Crippen molar-refractivity contribution < 1.29 is 4.79 Å². The van der Waals surface area contributed by atoms with Crippen molar-refractivity contribution in [1.82, 2.24) is 10.6 Å². The summed E-state index contributed by atoms with van der Waals surface area (Å²) in [5.41, 5.74) is 0. The molecule has 1 saturated heterocycles. The van der Waals surface area contributed by atoms with Crippen LogP contribution in [0.5, 0.6) is 0 Å². The zero-order valence-corrected chi connectivity index (χ0v) is 12.9. The predicted octanol–water partition coefficient (Wildman–Crippen LogP) is 2.88. The van der Waals surface area contributed by atoms with E-state index < -0.39 is 0 Å². The number of carbonyl (C=O) groups excluding carboxylic acids is 1. The zero-order chi connectivity index (χ0) is 12.8. The summed E-state index contributed by atoms with van der Waals surface area (Å²) in [5.74, 6) is 1.56. The molecule has 0 aromatic rings. The van der Waals surface area contributed by atoms with Crippen LogP contribution in [0.1, 0.15) is 58.3 Å². The van der Waals surface area contributed by atoms with Crippen LogP contribution >= 0.6 is 12.4 Å². The quantitative estimate of drug-likeness (QED) is 0.835. The minimum Gasteiger partial charge on any atom is -0.353 e. The summed E-state index contributed by atoms with van der Waals surface area (Å²) >= 11 is 0. The molecular weight excluding hydrogens is 260 g/mol. The second kappa shape index (κ2) is 8.80. The van der Waals surface area contributed by atoms with Gasteiger partial charge in [-0.15, -0.1) is 12.4 Å². The number of rotatable bonds is 4. The first-order valence-corrected chi connectivity index (χ1v) is 7.76. The van der Waals surface area contributed by atoms with E-state index in [9.17, 15) is 4.79 Å². The van der Waals surface area contributed by atoms with Crippen molar-refractivity contribution in [2.45, 2.75) is 64.3 Å². The molecule has 1 aliphatic carbocycles. The molecule has 1 heterocycles. The normalized spacial score (nSPS) is 23.4. The molecule has 2 fully saturated rings. The molecule has 112 valence electrons. The fraction of sp³-hybridized carbons (Fsp3) is 0.933. The minimum atomic E-state index is 0. The molecule has 0 spiro atoms. The Labute approximate surface area is 123 Å². The maximum atomic E-state index is 12.0. The lowest BCUT2D eigenvalue weighted by atomic mass is 9.84. The molecule has 2 rings (SSSR count). The van der Waals surface area contributed by atoms with E-state index in [0.717, 1.165) is 25.4 Å². The second-order valence-corrected chi connectivity index (χ2v) is 6.17. The second-order valence-electron chi connectivity index (χ2n) is 6.17. The van der Waals surface area contributed by atoms with Crippen LogP contribution in [0, 0.1) is 11.8 Å². The average Bonchev–Trinajstić information content (AvgIpc) is 2.40. The first kappa shape index (κ1) is 16.8. The van der Waals surface area contributed by atoms with Gasteiger partial charge in [0, 0.05) is 12.5 Å².